The van der Waals surface area contributed by atoms with E-state index in [1.807, 2.05) is 0 Å². The quantitative estimate of drug-likeness (QED) is 0.469. The van der Waals surface area contributed by atoms with Crippen molar-refractivity contribution in [1.29, 1.82) is 0 Å². The molecule has 0 atom stereocenters. The number of amides is 1. The second-order valence-corrected chi connectivity index (χ2v) is 7.68. The number of benzene rings is 2. The van der Waals surface area contributed by atoms with Crippen LogP contribution >= 0.6 is 11.3 Å². The molecule has 2 heterocycles. The monoisotopic (exact) mass is 441 g/mol. The van der Waals surface area contributed by atoms with Crippen LogP contribution in [0.3, 0.4) is 0 Å². The average molecular weight is 441 g/mol. The molecular weight excluding hydrogens is 421 g/mol. The number of hydrogen-bond donors (Lipinski definition) is 1. The zero-order valence-electron chi connectivity index (χ0n) is 17.4. The van der Waals surface area contributed by atoms with Gasteiger partial charge in [0.25, 0.3) is 5.91 Å². The first-order valence-corrected chi connectivity index (χ1v) is 10.1. The Bertz CT molecular complexity index is 1260. The normalized spacial score (nSPS) is 10.9. The van der Waals surface area contributed by atoms with Gasteiger partial charge in [-0.05, 0) is 18.2 Å². The van der Waals surface area contributed by atoms with Crippen LogP contribution in [0.4, 0.5) is 10.1 Å². The lowest BCUT2D eigenvalue weighted by Crippen LogP contribution is -2.10. The molecule has 0 aliphatic carbocycles. The Hall–Kier alpha value is -3.59. The number of nitrogens with one attached hydrogen (secondary N) is 1. The lowest BCUT2D eigenvalue weighted by Gasteiger charge is -2.14. The van der Waals surface area contributed by atoms with Crippen molar-refractivity contribution < 1.29 is 23.4 Å². The van der Waals surface area contributed by atoms with E-state index >= 15 is 0 Å². The first-order chi connectivity index (χ1) is 15.0. The van der Waals surface area contributed by atoms with Crippen molar-refractivity contribution in [3.05, 3.63) is 53.2 Å². The number of methoxy groups -OCH3 is 3. The van der Waals surface area contributed by atoms with Gasteiger partial charge in [-0.2, -0.15) is 5.10 Å². The standard InChI is InChI=1S/C22H20FN3O4S/c1-26-22-14(19(25-26)13-7-5-6-8-15(13)23)11-18(31-22)21(27)24-12-9-16(28-2)20(30-4)17(10-12)29-3/h5-11H,1-4H3,(H,24,27). The molecule has 0 fully saturated rings. The summed E-state index contributed by atoms with van der Waals surface area (Å²) in [7, 11) is 6.29. The van der Waals surface area contributed by atoms with Crippen LogP contribution in [0.2, 0.25) is 0 Å². The van der Waals surface area contributed by atoms with Gasteiger partial charge in [-0.25, -0.2) is 4.39 Å². The topological polar surface area (TPSA) is 74.6 Å². The summed E-state index contributed by atoms with van der Waals surface area (Å²) in [6.07, 6.45) is 0. The van der Waals surface area contributed by atoms with Crippen LogP contribution < -0.4 is 19.5 Å². The second-order valence-electron chi connectivity index (χ2n) is 6.65. The van der Waals surface area contributed by atoms with Crippen LogP contribution in [0.5, 0.6) is 17.2 Å². The van der Waals surface area contributed by atoms with E-state index in [0.29, 0.717) is 44.5 Å². The number of fused-ring (bicyclic) bond motifs is 1. The zero-order chi connectivity index (χ0) is 22.1. The van der Waals surface area contributed by atoms with Crippen LogP contribution in [0.15, 0.2) is 42.5 Å². The van der Waals surface area contributed by atoms with Gasteiger partial charge in [0.15, 0.2) is 11.5 Å². The van der Waals surface area contributed by atoms with Gasteiger partial charge in [0.1, 0.15) is 16.3 Å². The Morgan fingerprint density at radius 2 is 1.74 bits per heavy atom. The number of ether oxygens (including phenoxy) is 3. The summed E-state index contributed by atoms with van der Waals surface area (Å²) in [6, 6.07) is 11.5. The van der Waals surface area contributed by atoms with E-state index < -0.39 is 0 Å². The van der Waals surface area contributed by atoms with Gasteiger partial charge in [-0.1, -0.05) is 12.1 Å². The largest absolute Gasteiger partial charge is 0.493 e. The fraction of sp³-hybridized carbons (Fsp3) is 0.182. The third-order valence-corrected chi connectivity index (χ3v) is 5.99. The van der Waals surface area contributed by atoms with Crippen LogP contribution in [0, 0.1) is 5.82 Å². The van der Waals surface area contributed by atoms with Crippen LogP contribution in [-0.2, 0) is 7.05 Å². The molecule has 1 N–H and O–H groups in total. The highest BCUT2D eigenvalue weighted by Gasteiger charge is 2.21. The maximum absolute atomic E-state index is 14.3. The molecular formula is C22H20FN3O4S. The molecule has 7 nitrogen and oxygen atoms in total. The Morgan fingerprint density at radius 3 is 2.35 bits per heavy atom. The summed E-state index contributed by atoms with van der Waals surface area (Å²) >= 11 is 1.28. The summed E-state index contributed by atoms with van der Waals surface area (Å²) in [5.41, 5.74) is 1.38. The number of thiophene rings is 1. The number of carbonyl (C=O) groups is 1. The van der Waals surface area contributed by atoms with Gasteiger partial charge >= 0.3 is 0 Å². The maximum Gasteiger partial charge on any atom is 0.265 e. The lowest BCUT2D eigenvalue weighted by molar-refractivity contribution is 0.103. The number of rotatable bonds is 6. The van der Waals surface area contributed by atoms with E-state index in [-0.39, 0.29) is 11.7 Å². The van der Waals surface area contributed by atoms with E-state index in [9.17, 15) is 9.18 Å². The molecule has 160 valence electrons. The molecule has 0 radical (unpaired) electrons. The predicted molar refractivity (Wildman–Crippen MR) is 118 cm³/mol. The molecule has 0 saturated carbocycles. The number of halogens is 1. The van der Waals surface area contributed by atoms with E-state index in [1.165, 1.54) is 38.7 Å². The fourth-order valence-corrected chi connectivity index (χ4v) is 4.32. The molecule has 31 heavy (non-hydrogen) atoms. The third kappa shape index (κ3) is 3.68. The first-order valence-electron chi connectivity index (χ1n) is 9.29. The van der Waals surface area contributed by atoms with Crippen molar-refractivity contribution >= 4 is 33.1 Å². The molecule has 0 saturated heterocycles. The highest BCUT2D eigenvalue weighted by Crippen LogP contribution is 2.40. The Kier molecular flexibility index (Phi) is 5.51. The van der Waals surface area contributed by atoms with Gasteiger partial charge in [-0.15, -0.1) is 11.3 Å². The molecule has 0 aliphatic rings. The Labute approximate surface area is 182 Å². The summed E-state index contributed by atoms with van der Waals surface area (Å²) < 4.78 is 31.9. The number of aromatic nitrogens is 2. The number of aryl methyl sites for hydroxylation is 1. The number of anilines is 1. The van der Waals surface area contributed by atoms with Crippen molar-refractivity contribution in [2.75, 3.05) is 26.6 Å². The zero-order valence-corrected chi connectivity index (χ0v) is 18.2. The molecule has 9 heteroatoms. The molecule has 2 aromatic carbocycles. The molecule has 1 amide bonds. The van der Waals surface area contributed by atoms with Crippen molar-refractivity contribution in [1.82, 2.24) is 9.78 Å². The average Bonchev–Trinajstić information content (AvgIpc) is 3.34. The minimum atomic E-state index is -0.364. The highest BCUT2D eigenvalue weighted by atomic mass is 32.1. The van der Waals surface area contributed by atoms with Gasteiger partial charge < -0.3 is 19.5 Å². The van der Waals surface area contributed by atoms with Gasteiger partial charge in [0, 0.05) is 35.8 Å². The molecule has 2 aromatic heterocycles. The van der Waals surface area contributed by atoms with Crippen molar-refractivity contribution in [2.45, 2.75) is 0 Å². The molecule has 0 aliphatic heterocycles. The van der Waals surface area contributed by atoms with Crippen molar-refractivity contribution in [3.8, 4) is 28.5 Å². The summed E-state index contributed by atoms with van der Waals surface area (Å²) in [4.78, 5) is 14.2. The molecule has 4 aromatic rings. The Morgan fingerprint density at radius 1 is 1.06 bits per heavy atom. The SMILES string of the molecule is COc1cc(NC(=O)c2cc3c(-c4ccccc4F)nn(C)c3s2)cc(OC)c1OC. The van der Waals surface area contributed by atoms with E-state index in [0.717, 1.165) is 4.83 Å². The second kappa shape index (κ2) is 8.27. The number of nitrogens with zero attached hydrogens (tertiary/aromatic N) is 2. The summed E-state index contributed by atoms with van der Waals surface area (Å²) in [5.74, 6) is 0.622. The van der Waals surface area contributed by atoms with Crippen LogP contribution in [0.25, 0.3) is 21.5 Å². The molecule has 4 rings (SSSR count). The van der Waals surface area contributed by atoms with Crippen molar-refractivity contribution in [3.63, 3.8) is 0 Å². The smallest absolute Gasteiger partial charge is 0.265 e. The van der Waals surface area contributed by atoms with Gasteiger partial charge in [0.05, 0.1) is 26.2 Å². The number of carbonyl (C=O) groups excluding carboxylic acids is 1. The molecule has 0 spiro atoms. The lowest BCUT2D eigenvalue weighted by atomic mass is 10.1. The predicted octanol–water partition coefficient (Wildman–Crippen LogP) is 4.72. The Balaban J connectivity index is 1.70. The third-order valence-electron chi connectivity index (χ3n) is 4.79. The minimum absolute atomic E-state index is 0.310. The number of hydrogen-bond acceptors (Lipinski definition) is 6. The van der Waals surface area contributed by atoms with Gasteiger partial charge in [-0.3, -0.25) is 9.48 Å². The van der Waals surface area contributed by atoms with Crippen LogP contribution in [0.1, 0.15) is 9.67 Å². The van der Waals surface area contributed by atoms with Gasteiger partial charge in [0.2, 0.25) is 5.75 Å². The summed E-state index contributed by atoms with van der Waals surface area (Å²) in [5, 5.41) is 8.01. The first kappa shape index (κ1) is 20.7. The van der Waals surface area contributed by atoms with E-state index in [2.05, 4.69) is 10.4 Å². The molecule has 0 bridgehead atoms. The maximum atomic E-state index is 14.3. The fourth-order valence-electron chi connectivity index (χ4n) is 3.35. The molecule has 0 unspecified atom stereocenters. The van der Waals surface area contributed by atoms with Crippen LogP contribution in [-0.4, -0.2) is 37.0 Å². The van der Waals surface area contributed by atoms with Crippen molar-refractivity contribution in [2.24, 2.45) is 7.05 Å². The summed E-state index contributed by atoms with van der Waals surface area (Å²) in [6.45, 7) is 0. The minimum Gasteiger partial charge on any atom is -0.493 e. The highest BCUT2D eigenvalue weighted by molar-refractivity contribution is 7.20. The van der Waals surface area contributed by atoms with E-state index in [1.54, 1.807) is 48.1 Å². The van der Waals surface area contributed by atoms with E-state index in [4.69, 9.17) is 14.2 Å².